The molecule has 7 heteroatoms. The Morgan fingerprint density at radius 1 is 1.03 bits per heavy atom. The standard InChI is InChI=1S/C27H34N4O3/c1-4-7-9-20-12-13-23(16-22(20)18-28)30-25-14-15-29-27(31-25)21-10-8-11-24(17-21)34-19-26(32-5-2)33-6-3/h8,10-18,26,28H,4-7,9,19H2,1-3H3,(H,29,30,31). The van der Waals surface area contributed by atoms with Gasteiger partial charge in [-0.05, 0) is 68.1 Å². The molecule has 3 aromatic rings. The highest BCUT2D eigenvalue weighted by atomic mass is 16.7. The molecule has 2 N–H and O–H groups in total. The van der Waals surface area contributed by atoms with Crippen molar-refractivity contribution >= 4 is 17.7 Å². The van der Waals surface area contributed by atoms with Crippen LogP contribution in [0, 0.1) is 5.41 Å². The SMILES string of the molecule is CCCCc1ccc(Nc2ccnc(-c3cccc(OCC(OCC)OCC)c3)n2)cc1C=N. The van der Waals surface area contributed by atoms with Crippen LogP contribution in [0.5, 0.6) is 5.75 Å². The first kappa shape index (κ1) is 25.3. The number of nitrogens with zero attached hydrogens (tertiary/aromatic N) is 2. The fourth-order valence-corrected chi connectivity index (χ4v) is 3.52. The summed E-state index contributed by atoms with van der Waals surface area (Å²) in [6, 6.07) is 15.6. The number of aryl methyl sites for hydroxylation is 1. The van der Waals surface area contributed by atoms with Crippen LogP contribution in [-0.2, 0) is 15.9 Å². The summed E-state index contributed by atoms with van der Waals surface area (Å²) in [6.45, 7) is 7.45. The number of benzene rings is 2. The highest BCUT2D eigenvalue weighted by Crippen LogP contribution is 2.24. The van der Waals surface area contributed by atoms with Gasteiger partial charge in [0.2, 0.25) is 0 Å². The van der Waals surface area contributed by atoms with E-state index in [0.29, 0.717) is 37.2 Å². The maximum absolute atomic E-state index is 7.76. The van der Waals surface area contributed by atoms with Gasteiger partial charge in [0.15, 0.2) is 12.1 Å². The van der Waals surface area contributed by atoms with Crippen LogP contribution in [0.25, 0.3) is 11.4 Å². The van der Waals surface area contributed by atoms with Gasteiger partial charge in [0.05, 0.1) is 0 Å². The van der Waals surface area contributed by atoms with Gasteiger partial charge < -0.3 is 24.9 Å². The summed E-state index contributed by atoms with van der Waals surface area (Å²) < 4.78 is 17.0. The van der Waals surface area contributed by atoms with Crippen molar-refractivity contribution in [2.75, 3.05) is 25.1 Å². The zero-order valence-electron chi connectivity index (χ0n) is 20.2. The molecular formula is C27H34N4O3. The summed E-state index contributed by atoms with van der Waals surface area (Å²) in [4.78, 5) is 9.11. The lowest BCUT2D eigenvalue weighted by Crippen LogP contribution is -2.25. The molecule has 34 heavy (non-hydrogen) atoms. The Hall–Kier alpha value is -3.29. The molecule has 3 rings (SSSR count). The lowest BCUT2D eigenvalue weighted by Gasteiger charge is -2.17. The van der Waals surface area contributed by atoms with Gasteiger partial charge in [0.25, 0.3) is 0 Å². The van der Waals surface area contributed by atoms with E-state index in [9.17, 15) is 0 Å². The highest BCUT2D eigenvalue weighted by molar-refractivity contribution is 5.82. The molecule has 0 saturated carbocycles. The van der Waals surface area contributed by atoms with Gasteiger partial charge >= 0.3 is 0 Å². The van der Waals surface area contributed by atoms with Crippen molar-refractivity contribution in [1.82, 2.24) is 9.97 Å². The molecule has 0 bridgehead atoms. The number of hydrogen-bond acceptors (Lipinski definition) is 7. The summed E-state index contributed by atoms with van der Waals surface area (Å²) in [7, 11) is 0. The fourth-order valence-electron chi connectivity index (χ4n) is 3.52. The lowest BCUT2D eigenvalue weighted by atomic mass is 10.0. The molecular weight excluding hydrogens is 428 g/mol. The molecule has 1 aromatic heterocycles. The van der Waals surface area contributed by atoms with Crippen molar-refractivity contribution < 1.29 is 14.2 Å². The van der Waals surface area contributed by atoms with E-state index in [4.69, 9.17) is 19.6 Å². The van der Waals surface area contributed by atoms with Crippen LogP contribution in [0.15, 0.2) is 54.7 Å². The van der Waals surface area contributed by atoms with Gasteiger partial charge in [0.1, 0.15) is 18.2 Å². The molecule has 0 aliphatic rings. The first-order valence-corrected chi connectivity index (χ1v) is 11.9. The number of unbranched alkanes of at least 4 members (excludes halogenated alkanes) is 1. The minimum absolute atomic E-state index is 0.303. The smallest absolute Gasteiger partial charge is 0.191 e. The molecule has 0 amide bonds. The number of anilines is 2. The molecule has 0 atom stereocenters. The van der Waals surface area contributed by atoms with E-state index in [1.54, 1.807) is 6.20 Å². The monoisotopic (exact) mass is 462 g/mol. The molecule has 0 spiro atoms. The van der Waals surface area contributed by atoms with E-state index < -0.39 is 6.29 Å². The third-order valence-electron chi connectivity index (χ3n) is 5.21. The first-order chi connectivity index (χ1) is 16.7. The van der Waals surface area contributed by atoms with Crippen LogP contribution < -0.4 is 10.1 Å². The van der Waals surface area contributed by atoms with Crippen molar-refractivity contribution in [2.45, 2.75) is 46.3 Å². The average Bonchev–Trinajstić information content (AvgIpc) is 2.87. The Morgan fingerprint density at radius 3 is 2.59 bits per heavy atom. The van der Waals surface area contributed by atoms with Crippen molar-refractivity contribution in [3.63, 3.8) is 0 Å². The Morgan fingerprint density at radius 2 is 1.85 bits per heavy atom. The van der Waals surface area contributed by atoms with E-state index in [1.807, 2.05) is 56.3 Å². The number of rotatable bonds is 14. The predicted octanol–water partition coefficient (Wildman–Crippen LogP) is 6.01. The Labute approximate surface area is 202 Å². The Bertz CT molecular complexity index is 1050. The highest BCUT2D eigenvalue weighted by Gasteiger charge is 2.10. The summed E-state index contributed by atoms with van der Waals surface area (Å²) >= 11 is 0. The van der Waals surface area contributed by atoms with Crippen LogP contribution in [0.4, 0.5) is 11.5 Å². The molecule has 0 saturated heterocycles. The topological polar surface area (TPSA) is 89.4 Å². The maximum Gasteiger partial charge on any atom is 0.191 e. The lowest BCUT2D eigenvalue weighted by molar-refractivity contribution is -0.152. The molecule has 0 aliphatic heterocycles. The molecule has 0 aliphatic carbocycles. The average molecular weight is 463 g/mol. The minimum Gasteiger partial charge on any atom is -0.488 e. The third kappa shape index (κ3) is 7.37. The zero-order chi connectivity index (χ0) is 24.2. The van der Waals surface area contributed by atoms with Crippen molar-refractivity contribution in [1.29, 1.82) is 5.41 Å². The second kappa shape index (κ2) is 13.4. The van der Waals surface area contributed by atoms with Gasteiger partial charge in [-0.2, -0.15) is 0 Å². The number of nitrogens with one attached hydrogen (secondary N) is 2. The molecule has 0 radical (unpaired) electrons. The van der Waals surface area contributed by atoms with E-state index in [1.165, 1.54) is 11.8 Å². The summed E-state index contributed by atoms with van der Waals surface area (Å²) in [6.07, 6.45) is 5.96. The van der Waals surface area contributed by atoms with Crippen LogP contribution >= 0.6 is 0 Å². The number of hydrogen-bond donors (Lipinski definition) is 2. The van der Waals surface area contributed by atoms with E-state index >= 15 is 0 Å². The summed E-state index contributed by atoms with van der Waals surface area (Å²) in [5.74, 6) is 1.97. The second-order valence-electron chi connectivity index (χ2n) is 7.73. The summed E-state index contributed by atoms with van der Waals surface area (Å²) in [5.41, 5.74) is 3.85. The van der Waals surface area contributed by atoms with E-state index in [2.05, 4.69) is 28.3 Å². The summed E-state index contributed by atoms with van der Waals surface area (Å²) in [5, 5.41) is 11.1. The largest absolute Gasteiger partial charge is 0.488 e. The van der Waals surface area contributed by atoms with E-state index in [-0.39, 0.29) is 0 Å². The van der Waals surface area contributed by atoms with Crippen LogP contribution in [0.1, 0.15) is 44.7 Å². The van der Waals surface area contributed by atoms with Crippen LogP contribution in [-0.4, -0.2) is 42.3 Å². The zero-order valence-corrected chi connectivity index (χ0v) is 20.2. The minimum atomic E-state index is -0.401. The van der Waals surface area contributed by atoms with Gasteiger partial charge in [-0.25, -0.2) is 9.97 Å². The van der Waals surface area contributed by atoms with Gasteiger partial charge in [-0.3, -0.25) is 0 Å². The molecule has 180 valence electrons. The normalized spacial score (nSPS) is 10.9. The molecule has 1 heterocycles. The Kier molecular flexibility index (Phi) is 10.0. The van der Waals surface area contributed by atoms with Gasteiger partial charge in [-0.1, -0.05) is 31.5 Å². The molecule has 2 aromatic carbocycles. The van der Waals surface area contributed by atoms with Gasteiger partial charge in [0, 0.05) is 36.9 Å². The van der Waals surface area contributed by atoms with Crippen LogP contribution in [0.2, 0.25) is 0 Å². The fraction of sp³-hybridized carbons (Fsp3) is 0.370. The second-order valence-corrected chi connectivity index (χ2v) is 7.73. The molecule has 0 unspecified atom stereocenters. The number of aromatic nitrogens is 2. The first-order valence-electron chi connectivity index (χ1n) is 11.9. The predicted molar refractivity (Wildman–Crippen MR) is 136 cm³/mol. The number of ether oxygens (including phenoxy) is 3. The molecule has 0 fully saturated rings. The quantitative estimate of drug-likeness (QED) is 0.225. The van der Waals surface area contributed by atoms with Crippen molar-refractivity contribution in [3.8, 4) is 17.1 Å². The maximum atomic E-state index is 7.76. The van der Waals surface area contributed by atoms with E-state index in [0.717, 1.165) is 36.1 Å². The Balaban J connectivity index is 1.72. The third-order valence-corrected chi connectivity index (χ3v) is 5.21. The van der Waals surface area contributed by atoms with Crippen LogP contribution in [0.3, 0.4) is 0 Å². The van der Waals surface area contributed by atoms with Crippen molar-refractivity contribution in [2.24, 2.45) is 0 Å². The van der Waals surface area contributed by atoms with Crippen molar-refractivity contribution in [3.05, 3.63) is 65.9 Å². The molecule has 7 nitrogen and oxygen atoms in total. The van der Waals surface area contributed by atoms with Gasteiger partial charge in [-0.15, -0.1) is 0 Å².